The number of carbonyl (C=O) groups excluding carboxylic acids is 3. The fourth-order valence-corrected chi connectivity index (χ4v) is 2.07. The lowest BCUT2D eigenvalue weighted by molar-refractivity contribution is -0.127. The number of hydrogen-bond acceptors (Lipinski definition) is 3. The van der Waals surface area contributed by atoms with Gasteiger partial charge in [-0.3, -0.25) is 25.2 Å². The van der Waals surface area contributed by atoms with Gasteiger partial charge in [-0.05, 0) is 34.3 Å². The van der Waals surface area contributed by atoms with Gasteiger partial charge in [-0.25, -0.2) is 0 Å². The van der Waals surface area contributed by atoms with Gasteiger partial charge in [0.05, 0.1) is 6.54 Å². The van der Waals surface area contributed by atoms with Crippen LogP contribution in [0.15, 0.2) is 16.7 Å². The predicted molar refractivity (Wildman–Crippen MR) is 74.4 cm³/mol. The molecule has 0 aliphatic heterocycles. The Kier molecular flexibility index (Phi) is 4.43. The van der Waals surface area contributed by atoms with Gasteiger partial charge in [0.25, 0.3) is 11.8 Å². The van der Waals surface area contributed by atoms with Gasteiger partial charge in [0.1, 0.15) is 5.69 Å². The van der Waals surface area contributed by atoms with Crippen molar-refractivity contribution in [1.82, 2.24) is 21.2 Å². The van der Waals surface area contributed by atoms with E-state index < -0.39 is 11.8 Å². The van der Waals surface area contributed by atoms with Crippen molar-refractivity contribution in [3.05, 3.63) is 22.4 Å². The van der Waals surface area contributed by atoms with E-state index in [1.807, 2.05) is 6.92 Å². The largest absolute Gasteiger partial charge is 0.356 e. The van der Waals surface area contributed by atoms with Crippen molar-refractivity contribution in [3.63, 3.8) is 0 Å². The third-order valence-corrected chi connectivity index (χ3v) is 3.54. The number of rotatable bonds is 4. The second-order valence-electron chi connectivity index (χ2n) is 4.77. The number of H-pyrrole nitrogens is 1. The molecule has 0 unspecified atom stereocenters. The summed E-state index contributed by atoms with van der Waals surface area (Å²) in [4.78, 5) is 37.3. The lowest BCUT2D eigenvalue weighted by Gasteiger charge is -2.07. The minimum absolute atomic E-state index is 0.0219. The van der Waals surface area contributed by atoms with E-state index in [9.17, 15) is 14.4 Å². The second kappa shape index (κ2) is 6.08. The van der Waals surface area contributed by atoms with Crippen molar-refractivity contribution in [1.29, 1.82) is 0 Å². The molecule has 8 heteroatoms. The highest BCUT2D eigenvalue weighted by Crippen LogP contribution is 2.37. The molecule has 4 N–H and O–H groups in total. The molecule has 0 saturated heterocycles. The lowest BCUT2D eigenvalue weighted by atomic mass is 10.3. The van der Waals surface area contributed by atoms with Crippen LogP contribution in [0.2, 0.25) is 0 Å². The van der Waals surface area contributed by atoms with Crippen molar-refractivity contribution in [2.24, 2.45) is 11.8 Å². The predicted octanol–water partition coefficient (Wildman–Crippen LogP) is 0.310. The molecule has 1 aliphatic rings. The maximum atomic E-state index is 11.6. The molecule has 1 fully saturated rings. The Morgan fingerprint density at radius 1 is 1.40 bits per heavy atom. The maximum absolute atomic E-state index is 11.6. The molecular formula is C12H15BrN4O3. The summed E-state index contributed by atoms with van der Waals surface area (Å²) in [5.41, 5.74) is 4.79. The van der Waals surface area contributed by atoms with Gasteiger partial charge in [-0.1, -0.05) is 6.92 Å². The van der Waals surface area contributed by atoms with E-state index in [-0.39, 0.29) is 18.4 Å². The molecule has 3 amide bonds. The Hall–Kier alpha value is -1.83. The highest BCUT2D eigenvalue weighted by Gasteiger charge is 2.38. The van der Waals surface area contributed by atoms with E-state index in [2.05, 4.69) is 37.1 Å². The average Bonchev–Trinajstić information content (AvgIpc) is 2.98. The van der Waals surface area contributed by atoms with Crippen LogP contribution in [-0.4, -0.2) is 29.3 Å². The van der Waals surface area contributed by atoms with Crippen LogP contribution in [0.25, 0.3) is 0 Å². The van der Waals surface area contributed by atoms with E-state index in [4.69, 9.17) is 0 Å². The van der Waals surface area contributed by atoms with E-state index in [0.29, 0.717) is 11.6 Å². The van der Waals surface area contributed by atoms with Gasteiger partial charge >= 0.3 is 0 Å². The number of halogens is 1. The van der Waals surface area contributed by atoms with Gasteiger partial charge in [0, 0.05) is 16.6 Å². The molecule has 2 atom stereocenters. The number of carbonyl (C=O) groups is 3. The van der Waals surface area contributed by atoms with Gasteiger partial charge in [0.2, 0.25) is 5.91 Å². The molecule has 0 radical (unpaired) electrons. The van der Waals surface area contributed by atoms with Crippen molar-refractivity contribution in [3.8, 4) is 0 Å². The monoisotopic (exact) mass is 342 g/mol. The first kappa shape index (κ1) is 14.6. The minimum atomic E-state index is -0.481. The SMILES string of the molecule is C[C@@H]1C[C@@H]1C(=O)NCC(=O)NNC(=O)c1cc(Br)c[nH]1. The van der Waals surface area contributed by atoms with Crippen molar-refractivity contribution < 1.29 is 14.4 Å². The Labute approximate surface area is 124 Å². The zero-order chi connectivity index (χ0) is 14.7. The summed E-state index contributed by atoms with van der Waals surface area (Å²) in [6, 6.07) is 1.58. The number of aromatic amines is 1. The smallest absolute Gasteiger partial charge is 0.286 e. The van der Waals surface area contributed by atoms with Crippen LogP contribution in [0.3, 0.4) is 0 Å². The first-order valence-corrected chi connectivity index (χ1v) is 6.97. The van der Waals surface area contributed by atoms with Gasteiger partial charge in [-0.15, -0.1) is 0 Å². The second-order valence-corrected chi connectivity index (χ2v) is 5.69. The zero-order valence-corrected chi connectivity index (χ0v) is 12.4. The highest BCUT2D eigenvalue weighted by molar-refractivity contribution is 9.10. The highest BCUT2D eigenvalue weighted by atomic mass is 79.9. The molecule has 1 aromatic rings. The third kappa shape index (κ3) is 3.83. The minimum Gasteiger partial charge on any atom is -0.356 e. The quantitative estimate of drug-likeness (QED) is 0.592. The third-order valence-electron chi connectivity index (χ3n) is 3.08. The molecule has 1 saturated carbocycles. The van der Waals surface area contributed by atoms with E-state index in [1.54, 1.807) is 12.3 Å². The van der Waals surface area contributed by atoms with Gasteiger partial charge < -0.3 is 10.3 Å². The maximum Gasteiger partial charge on any atom is 0.286 e. The molecule has 1 heterocycles. The topological polar surface area (TPSA) is 103 Å². The van der Waals surface area contributed by atoms with Crippen molar-refractivity contribution in [2.75, 3.05) is 6.54 Å². The van der Waals surface area contributed by atoms with Gasteiger partial charge in [0.15, 0.2) is 0 Å². The number of amides is 3. The number of nitrogens with one attached hydrogen (secondary N) is 4. The molecule has 20 heavy (non-hydrogen) atoms. The Balaban J connectivity index is 1.67. The fourth-order valence-electron chi connectivity index (χ4n) is 1.72. The van der Waals surface area contributed by atoms with E-state index >= 15 is 0 Å². The fraction of sp³-hybridized carbons (Fsp3) is 0.417. The molecule has 108 valence electrons. The molecule has 0 spiro atoms. The molecule has 1 aliphatic carbocycles. The molecule has 7 nitrogen and oxygen atoms in total. The van der Waals surface area contributed by atoms with Crippen molar-refractivity contribution >= 4 is 33.7 Å². The number of aromatic nitrogens is 1. The molecule has 1 aromatic heterocycles. The lowest BCUT2D eigenvalue weighted by Crippen LogP contribution is -2.46. The molecule has 0 bridgehead atoms. The summed E-state index contributed by atoms with van der Waals surface area (Å²) in [7, 11) is 0. The van der Waals surface area contributed by atoms with Crippen LogP contribution in [-0.2, 0) is 9.59 Å². The summed E-state index contributed by atoms with van der Waals surface area (Å²) < 4.78 is 0.736. The van der Waals surface area contributed by atoms with Crippen LogP contribution >= 0.6 is 15.9 Å². The molecular weight excluding hydrogens is 328 g/mol. The summed E-state index contributed by atoms with van der Waals surface area (Å²) in [5.74, 6) is -0.651. The van der Waals surface area contributed by atoms with Crippen LogP contribution in [0.1, 0.15) is 23.8 Å². The molecule has 0 aromatic carbocycles. The Morgan fingerprint density at radius 3 is 2.65 bits per heavy atom. The average molecular weight is 343 g/mol. The standard InChI is InChI=1S/C12H15BrN4O3/c1-6-2-8(6)11(19)15-5-10(18)16-17-12(20)9-3-7(13)4-14-9/h3-4,6,8,14H,2,5H2,1H3,(H,15,19)(H,16,18)(H,17,20)/t6-,8+/m1/s1. The number of hydrazine groups is 1. The summed E-state index contributed by atoms with van der Waals surface area (Å²) in [5, 5.41) is 2.52. The zero-order valence-electron chi connectivity index (χ0n) is 10.8. The molecule has 2 rings (SSSR count). The van der Waals surface area contributed by atoms with Crippen LogP contribution in [0.5, 0.6) is 0 Å². The Morgan fingerprint density at radius 2 is 2.10 bits per heavy atom. The normalized spacial score (nSPS) is 20.1. The van der Waals surface area contributed by atoms with Gasteiger partial charge in [-0.2, -0.15) is 0 Å². The summed E-state index contributed by atoms with van der Waals surface area (Å²) >= 11 is 3.20. The Bertz CT molecular complexity index is 543. The number of hydrogen-bond donors (Lipinski definition) is 4. The van der Waals surface area contributed by atoms with Crippen LogP contribution < -0.4 is 16.2 Å². The summed E-state index contributed by atoms with van der Waals surface area (Å²) in [6.07, 6.45) is 2.47. The van der Waals surface area contributed by atoms with Crippen molar-refractivity contribution in [2.45, 2.75) is 13.3 Å². The van der Waals surface area contributed by atoms with E-state index in [1.165, 1.54) is 0 Å². The van der Waals surface area contributed by atoms with Crippen LogP contribution in [0.4, 0.5) is 0 Å². The first-order valence-electron chi connectivity index (χ1n) is 6.18. The summed E-state index contributed by atoms with van der Waals surface area (Å²) in [6.45, 7) is 1.83. The van der Waals surface area contributed by atoms with E-state index in [0.717, 1.165) is 10.9 Å². The van der Waals surface area contributed by atoms with Crippen LogP contribution in [0, 0.1) is 11.8 Å². The first-order chi connectivity index (χ1) is 9.47.